The Labute approximate surface area is 108 Å². The molecule has 4 nitrogen and oxygen atoms in total. The van der Waals surface area contributed by atoms with Gasteiger partial charge in [0.15, 0.2) is 0 Å². The van der Waals surface area contributed by atoms with Gasteiger partial charge in [0.25, 0.3) is 0 Å². The zero-order chi connectivity index (χ0) is 13.1. The monoisotopic (exact) mass is 260 g/mol. The van der Waals surface area contributed by atoms with Crippen LogP contribution in [0, 0.1) is 0 Å². The summed E-state index contributed by atoms with van der Waals surface area (Å²) in [4.78, 5) is 13.4. The number of hydrogen-bond acceptors (Lipinski definition) is 4. The second kappa shape index (κ2) is 5.96. The highest BCUT2D eigenvalue weighted by Crippen LogP contribution is 2.15. The van der Waals surface area contributed by atoms with E-state index in [4.69, 9.17) is 4.74 Å². The summed E-state index contributed by atoms with van der Waals surface area (Å²) in [6, 6.07) is 0.428. The molecule has 1 saturated heterocycles. The highest BCUT2D eigenvalue weighted by Gasteiger charge is 2.33. The smallest absolute Gasteiger partial charge is 0.410 e. The first kappa shape index (κ1) is 14.6. The summed E-state index contributed by atoms with van der Waals surface area (Å²) in [6.45, 7) is 10.4. The van der Waals surface area contributed by atoms with Crippen LogP contribution in [0.1, 0.15) is 27.7 Å². The second-order valence-corrected chi connectivity index (χ2v) is 6.81. The molecular weight excluding hydrogens is 236 g/mol. The molecule has 0 aromatic carbocycles. The van der Waals surface area contributed by atoms with E-state index in [9.17, 15) is 4.79 Å². The van der Waals surface area contributed by atoms with E-state index in [1.807, 2.05) is 32.5 Å². The zero-order valence-corrected chi connectivity index (χ0v) is 12.3. The Bertz CT molecular complexity index is 260. The van der Waals surface area contributed by atoms with Gasteiger partial charge in [-0.15, -0.1) is 0 Å². The molecular formula is C12H24N2O2S. The number of likely N-dealkylation sites (tertiary alicyclic amines) is 1. The van der Waals surface area contributed by atoms with Crippen molar-refractivity contribution < 1.29 is 9.53 Å². The van der Waals surface area contributed by atoms with Crippen molar-refractivity contribution in [3.63, 3.8) is 0 Å². The summed E-state index contributed by atoms with van der Waals surface area (Å²) < 4.78 is 5.29. The molecule has 1 fully saturated rings. The standard InChI is InChI=1S/C12H24N2O2S/c1-9(17-5)6-13-10-7-14(8-10)11(15)16-12(2,3)4/h9-10,13H,6-8H2,1-5H3. The van der Waals surface area contributed by atoms with E-state index in [1.165, 1.54) is 0 Å². The molecule has 100 valence electrons. The fraction of sp³-hybridized carbons (Fsp3) is 0.917. The van der Waals surface area contributed by atoms with Crippen molar-refractivity contribution >= 4 is 17.9 Å². The lowest BCUT2D eigenvalue weighted by Gasteiger charge is -2.40. The lowest BCUT2D eigenvalue weighted by atomic mass is 10.1. The zero-order valence-electron chi connectivity index (χ0n) is 11.4. The van der Waals surface area contributed by atoms with Crippen LogP contribution in [0.15, 0.2) is 0 Å². The number of carbonyl (C=O) groups is 1. The van der Waals surface area contributed by atoms with Gasteiger partial charge in [0.2, 0.25) is 0 Å². The lowest BCUT2D eigenvalue weighted by molar-refractivity contribution is 0.00544. The summed E-state index contributed by atoms with van der Waals surface area (Å²) in [7, 11) is 0. The Balaban J connectivity index is 2.16. The van der Waals surface area contributed by atoms with Gasteiger partial charge < -0.3 is 15.0 Å². The number of amides is 1. The molecule has 1 amide bonds. The minimum Gasteiger partial charge on any atom is -0.444 e. The molecule has 0 radical (unpaired) electrons. The van der Waals surface area contributed by atoms with Crippen LogP contribution in [0.25, 0.3) is 0 Å². The number of ether oxygens (including phenoxy) is 1. The van der Waals surface area contributed by atoms with Crippen molar-refractivity contribution in [3.05, 3.63) is 0 Å². The van der Waals surface area contributed by atoms with Crippen LogP contribution in [-0.2, 0) is 4.74 Å². The molecule has 1 heterocycles. The minimum absolute atomic E-state index is 0.200. The van der Waals surface area contributed by atoms with E-state index >= 15 is 0 Å². The average molecular weight is 260 g/mol. The quantitative estimate of drug-likeness (QED) is 0.839. The Kier molecular flexibility index (Phi) is 5.13. The van der Waals surface area contributed by atoms with Crippen molar-refractivity contribution in [2.24, 2.45) is 0 Å². The molecule has 0 aromatic heterocycles. The summed E-state index contributed by atoms with van der Waals surface area (Å²) >= 11 is 1.85. The molecule has 0 aromatic rings. The van der Waals surface area contributed by atoms with E-state index < -0.39 is 5.60 Å². The van der Waals surface area contributed by atoms with E-state index in [0.717, 1.165) is 19.6 Å². The lowest BCUT2D eigenvalue weighted by Crippen LogP contribution is -2.61. The van der Waals surface area contributed by atoms with E-state index in [-0.39, 0.29) is 6.09 Å². The largest absolute Gasteiger partial charge is 0.444 e. The van der Waals surface area contributed by atoms with Crippen molar-refractivity contribution in [2.45, 2.75) is 44.6 Å². The number of rotatable bonds is 4. The van der Waals surface area contributed by atoms with Gasteiger partial charge >= 0.3 is 6.09 Å². The van der Waals surface area contributed by atoms with Crippen LogP contribution >= 0.6 is 11.8 Å². The highest BCUT2D eigenvalue weighted by atomic mass is 32.2. The maximum absolute atomic E-state index is 11.7. The molecule has 0 aliphatic carbocycles. The van der Waals surface area contributed by atoms with Gasteiger partial charge in [-0.2, -0.15) is 11.8 Å². The highest BCUT2D eigenvalue weighted by molar-refractivity contribution is 7.99. The van der Waals surface area contributed by atoms with Gasteiger partial charge in [-0.05, 0) is 27.0 Å². The molecule has 1 unspecified atom stereocenters. The van der Waals surface area contributed by atoms with Crippen LogP contribution in [0.4, 0.5) is 4.79 Å². The first-order chi connectivity index (χ1) is 7.81. The van der Waals surface area contributed by atoms with Gasteiger partial charge in [-0.25, -0.2) is 4.79 Å². The molecule has 1 aliphatic heterocycles. The van der Waals surface area contributed by atoms with Gasteiger partial charge in [0.1, 0.15) is 5.60 Å². The van der Waals surface area contributed by atoms with Crippen LogP contribution in [0.5, 0.6) is 0 Å². The molecule has 1 rings (SSSR count). The fourth-order valence-corrected chi connectivity index (χ4v) is 1.76. The molecule has 0 spiro atoms. The summed E-state index contributed by atoms with van der Waals surface area (Å²) in [5.41, 5.74) is -0.400. The van der Waals surface area contributed by atoms with Crippen molar-refractivity contribution in [3.8, 4) is 0 Å². The van der Waals surface area contributed by atoms with Crippen LogP contribution in [0.2, 0.25) is 0 Å². The first-order valence-electron chi connectivity index (χ1n) is 6.06. The van der Waals surface area contributed by atoms with Crippen LogP contribution in [0.3, 0.4) is 0 Å². The maximum atomic E-state index is 11.7. The molecule has 1 aliphatic rings. The molecule has 0 bridgehead atoms. The van der Waals surface area contributed by atoms with Crippen LogP contribution < -0.4 is 5.32 Å². The molecule has 1 N–H and O–H groups in total. The average Bonchev–Trinajstić information content (AvgIpc) is 2.11. The van der Waals surface area contributed by atoms with Crippen LogP contribution in [-0.4, -0.2) is 53.8 Å². The van der Waals surface area contributed by atoms with E-state index in [1.54, 1.807) is 4.90 Å². The molecule has 5 heteroatoms. The molecule has 17 heavy (non-hydrogen) atoms. The van der Waals surface area contributed by atoms with Crippen molar-refractivity contribution in [1.29, 1.82) is 0 Å². The molecule has 0 saturated carbocycles. The Hall–Kier alpha value is -0.420. The summed E-state index contributed by atoms with van der Waals surface area (Å²) in [6.07, 6.45) is 1.91. The minimum atomic E-state index is -0.400. The first-order valence-corrected chi connectivity index (χ1v) is 7.34. The third-order valence-electron chi connectivity index (χ3n) is 2.63. The number of nitrogens with one attached hydrogen (secondary N) is 1. The number of carbonyl (C=O) groups excluding carboxylic acids is 1. The second-order valence-electron chi connectivity index (χ2n) is 5.54. The topological polar surface area (TPSA) is 41.6 Å². The Morgan fingerprint density at radius 2 is 2.12 bits per heavy atom. The predicted molar refractivity (Wildman–Crippen MR) is 72.6 cm³/mol. The Morgan fingerprint density at radius 1 is 1.53 bits per heavy atom. The maximum Gasteiger partial charge on any atom is 0.410 e. The fourth-order valence-electron chi connectivity index (χ4n) is 1.50. The number of thioether (sulfide) groups is 1. The van der Waals surface area contributed by atoms with Crippen molar-refractivity contribution in [1.82, 2.24) is 10.2 Å². The normalized spacial score (nSPS) is 18.8. The Morgan fingerprint density at radius 3 is 2.59 bits per heavy atom. The number of nitrogens with zero attached hydrogens (tertiary/aromatic N) is 1. The predicted octanol–water partition coefficient (Wildman–Crippen LogP) is 1.95. The van der Waals surface area contributed by atoms with E-state index in [2.05, 4.69) is 18.5 Å². The summed E-state index contributed by atoms with van der Waals surface area (Å²) in [5, 5.41) is 4.06. The SMILES string of the molecule is CSC(C)CNC1CN(C(=O)OC(C)(C)C)C1. The van der Waals surface area contributed by atoms with Gasteiger partial charge in [0.05, 0.1) is 0 Å². The molecule has 1 atom stereocenters. The van der Waals surface area contributed by atoms with Crippen molar-refractivity contribution in [2.75, 3.05) is 25.9 Å². The van der Waals surface area contributed by atoms with Gasteiger partial charge in [0, 0.05) is 30.9 Å². The van der Waals surface area contributed by atoms with E-state index in [0.29, 0.717) is 11.3 Å². The number of hydrogen-bond donors (Lipinski definition) is 1. The summed E-state index contributed by atoms with van der Waals surface area (Å²) in [5.74, 6) is 0. The third kappa shape index (κ3) is 5.17. The third-order valence-corrected chi connectivity index (χ3v) is 3.60. The van der Waals surface area contributed by atoms with Gasteiger partial charge in [-0.3, -0.25) is 0 Å². The van der Waals surface area contributed by atoms with Gasteiger partial charge in [-0.1, -0.05) is 6.92 Å².